The predicted octanol–water partition coefficient (Wildman–Crippen LogP) is 8.42. The molecule has 0 unspecified atom stereocenters. The summed E-state index contributed by atoms with van der Waals surface area (Å²) in [5, 5.41) is -1.25. The van der Waals surface area contributed by atoms with Crippen molar-refractivity contribution in [3.8, 4) is 0 Å². The van der Waals surface area contributed by atoms with Gasteiger partial charge in [0.05, 0.1) is 16.1 Å². The normalized spacial score (nSPS) is 17.0. The van der Waals surface area contributed by atoms with Gasteiger partial charge in [-0.25, -0.2) is 26.3 Å². The van der Waals surface area contributed by atoms with Gasteiger partial charge in [-0.1, -0.05) is 62.0 Å². The summed E-state index contributed by atoms with van der Waals surface area (Å²) in [6, 6.07) is 0. The molecule has 0 radical (unpaired) electrons. The summed E-state index contributed by atoms with van der Waals surface area (Å²) in [4.78, 5) is 0. The number of hydrogen-bond acceptors (Lipinski definition) is 0. The third-order valence-electron chi connectivity index (χ3n) is 4.55. The Balaban J connectivity index is 8.40. The smallest absolute Gasteiger partial charge is 0.201 e. The maximum Gasteiger partial charge on any atom is 0.449 e. The van der Waals surface area contributed by atoms with Crippen LogP contribution < -0.4 is 0 Å². The summed E-state index contributed by atoms with van der Waals surface area (Å²) < 4.78 is 205. The lowest BCUT2D eigenvalue weighted by Gasteiger charge is -2.46. The SMILES string of the molecule is C[Si](C)(C)/C=C/C(=C\[Si](C(F)(F)C(F)(F)F)(C(F)(F)C(F)(F)F)C(F)(F)C(F)(F)F)[Si](C)(C)C. The van der Waals surface area contributed by atoms with Crippen LogP contribution in [-0.4, -0.2) is 59.4 Å². The molecule has 18 heteroatoms. The standard InChI is InChI=1S/C16H21F15Si3/c1-32(2,3)8-7-10(33(4,5)6)9-34(14(26,27)11(17,18)19,15(28,29)12(20,21)22)16(30,31)13(23,24)25/h7-9H,1-6H3/b8-7+,10-9+. The number of hydrogen-bond donors (Lipinski definition) is 0. The van der Waals surface area contributed by atoms with Gasteiger partial charge in [0, 0.05) is 0 Å². The van der Waals surface area contributed by atoms with E-state index in [9.17, 15) is 65.9 Å². The topological polar surface area (TPSA) is 0 Å². The van der Waals surface area contributed by atoms with Gasteiger partial charge in [-0.2, -0.15) is 39.5 Å². The van der Waals surface area contributed by atoms with E-state index in [-0.39, 0.29) is 0 Å². The molecule has 0 amide bonds. The Hall–Kier alpha value is -0.919. The highest BCUT2D eigenvalue weighted by atomic mass is 28.3. The molecule has 0 fully saturated rings. The summed E-state index contributed by atoms with van der Waals surface area (Å²) in [6.07, 6.45) is -22.3. The monoisotopic (exact) mass is 582 g/mol. The van der Waals surface area contributed by atoms with Crippen molar-refractivity contribution in [2.75, 3.05) is 0 Å². The molecular formula is C16H21F15Si3. The van der Waals surface area contributed by atoms with Crippen LogP contribution in [0.4, 0.5) is 65.9 Å². The summed E-state index contributed by atoms with van der Waals surface area (Å²) in [6.45, 7) is 7.39. The first-order valence-corrected chi connectivity index (χ1v) is 18.2. The quantitative estimate of drug-likeness (QED) is 0.161. The van der Waals surface area contributed by atoms with Crippen molar-refractivity contribution in [2.24, 2.45) is 0 Å². The zero-order valence-electron chi connectivity index (χ0n) is 18.4. The summed E-state index contributed by atoms with van der Waals surface area (Å²) in [7, 11) is -15.9. The Bertz CT molecular complexity index is 722. The van der Waals surface area contributed by atoms with E-state index >= 15 is 0 Å². The summed E-state index contributed by atoms with van der Waals surface area (Å²) >= 11 is 0. The fraction of sp³-hybridized carbons (Fsp3) is 0.750. The van der Waals surface area contributed by atoms with Crippen LogP contribution >= 0.6 is 0 Å². The van der Waals surface area contributed by atoms with Gasteiger partial charge in [-0.15, -0.1) is 0 Å². The Kier molecular flexibility index (Phi) is 8.64. The molecule has 0 N–H and O–H groups in total. The second-order valence-electron chi connectivity index (χ2n) is 9.57. The molecule has 0 aliphatic rings. The first-order valence-electron chi connectivity index (χ1n) is 9.07. The zero-order chi connectivity index (χ0) is 28.2. The molecule has 0 atom stereocenters. The van der Waals surface area contributed by atoms with Crippen LogP contribution in [0.3, 0.4) is 0 Å². The summed E-state index contributed by atoms with van der Waals surface area (Å²) in [5.41, 5.74) is -23.7. The van der Waals surface area contributed by atoms with Gasteiger partial charge in [-0.05, 0) is 0 Å². The third-order valence-corrected chi connectivity index (χ3v) is 12.6. The van der Waals surface area contributed by atoms with Crippen LogP contribution in [0.5, 0.6) is 0 Å². The van der Waals surface area contributed by atoms with Crippen LogP contribution in [0.25, 0.3) is 0 Å². The van der Waals surface area contributed by atoms with Crippen LogP contribution in [0.15, 0.2) is 22.7 Å². The Morgan fingerprint density at radius 1 is 0.500 bits per heavy atom. The van der Waals surface area contributed by atoms with Crippen molar-refractivity contribution in [2.45, 2.75) is 74.4 Å². The highest BCUT2D eigenvalue weighted by Crippen LogP contribution is 2.62. The molecule has 34 heavy (non-hydrogen) atoms. The fourth-order valence-electron chi connectivity index (χ4n) is 2.62. The van der Waals surface area contributed by atoms with E-state index in [0.717, 1.165) is 25.3 Å². The molecule has 0 nitrogen and oxygen atoms in total. The van der Waals surface area contributed by atoms with Crippen molar-refractivity contribution in [1.82, 2.24) is 0 Å². The lowest BCUT2D eigenvalue weighted by Crippen LogP contribution is -2.84. The van der Waals surface area contributed by atoms with Gasteiger partial charge in [0.25, 0.3) is 0 Å². The van der Waals surface area contributed by atoms with Gasteiger partial charge in [0.15, 0.2) is 0 Å². The Morgan fingerprint density at radius 3 is 0.941 bits per heavy atom. The zero-order valence-corrected chi connectivity index (χ0v) is 21.4. The minimum atomic E-state index is -9.69. The molecule has 0 bridgehead atoms. The minimum Gasteiger partial charge on any atom is -0.201 e. The lowest BCUT2D eigenvalue weighted by molar-refractivity contribution is -0.302. The molecule has 0 aromatic carbocycles. The fourth-order valence-corrected chi connectivity index (χ4v) is 10.1. The van der Waals surface area contributed by atoms with E-state index in [4.69, 9.17) is 0 Å². The molecule has 0 aliphatic carbocycles. The van der Waals surface area contributed by atoms with E-state index in [1.807, 2.05) is 0 Å². The van der Waals surface area contributed by atoms with Gasteiger partial charge in [0.2, 0.25) is 0 Å². The molecule has 0 aliphatic heterocycles. The third kappa shape index (κ3) is 5.73. The van der Waals surface area contributed by atoms with E-state index in [2.05, 4.69) is 0 Å². The van der Waals surface area contributed by atoms with Crippen LogP contribution in [0.1, 0.15) is 0 Å². The second kappa shape index (κ2) is 8.88. The highest BCUT2D eigenvalue weighted by Gasteiger charge is 2.97. The molecule has 0 heterocycles. The predicted molar refractivity (Wildman–Crippen MR) is 103 cm³/mol. The second-order valence-corrected chi connectivity index (χ2v) is 23.5. The number of rotatable bonds is 7. The average molecular weight is 583 g/mol. The maximum atomic E-state index is 14.5. The van der Waals surface area contributed by atoms with Crippen molar-refractivity contribution in [3.63, 3.8) is 0 Å². The molecule has 202 valence electrons. The van der Waals surface area contributed by atoms with Crippen LogP contribution in [0.2, 0.25) is 39.3 Å². The Labute approximate surface area is 187 Å². The van der Waals surface area contributed by atoms with Gasteiger partial charge >= 0.3 is 43.2 Å². The summed E-state index contributed by atoms with van der Waals surface area (Å²) in [5.74, 6) is 0. The highest BCUT2D eigenvalue weighted by molar-refractivity contribution is 6.94. The van der Waals surface area contributed by atoms with E-state index in [0.29, 0.717) is 6.08 Å². The molecule has 0 spiro atoms. The van der Waals surface area contributed by atoms with Crippen molar-refractivity contribution in [1.29, 1.82) is 0 Å². The molecule has 0 aromatic rings. The maximum absolute atomic E-state index is 14.5. The molecule has 0 saturated heterocycles. The van der Waals surface area contributed by atoms with Gasteiger partial charge < -0.3 is 0 Å². The lowest BCUT2D eigenvalue weighted by atomic mass is 10.6. The molecule has 0 aromatic heterocycles. The van der Waals surface area contributed by atoms with Crippen LogP contribution in [0, 0.1) is 0 Å². The number of allylic oxidation sites excluding steroid dienone is 2. The molecular weight excluding hydrogens is 561 g/mol. The van der Waals surface area contributed by atoms with Crippen molar-refractivity contribution < 1.29 is 65.9 Å². The van der Waals surface area contributed by atoms with Gasteiger partial charge in [0.1, 0.15) is 0 Å². The van der Waals surface area contributed by atoms with E-state index in [1.54, 1.807) is 0 Å². The van der Waals surface area contributed by atoms with Crippen LogP contribution in [-0.2, 0) is 0 Å². The number of halogens is 15. The van der Waals surface area contributed by atoms with Crippen molar-refractivity contribution >= 4 is 24.2 Å². The number of alkyl halides is 15. The van der Waals surface area contributed by atoms with E-state index in [1.165, 1.54) is 19.6 Å². The largest absolute Gasteiger partial charge is 0.449 e. The molecule has 0 rings (SSSR count). The minimum absolute atomic E-state index is 0.506. The van der Waals surface area contributed by atoms with Crippen molar-refractivity contribution in [3.05, 3.63) is 22.7 Å². The molecule has 0 saturated carbocycles. The first-order chi connectivity index (χ1) is 14.3. The van der Waals surface area contributed by atoms with E-state index < -0.39 is 70.3 Å². The average Bonchev–Trinajstić information content (AvgIpc) is 2.48. The van der Waals surface area contributed by atoms with Gasteiger partial charge in [-0.3, -0.25) is 0 Å². The first kappa shape index (κ1) is 33.1. The Morgan fingerprint density at radius 2 is 0.765 bits per heavy atom.